The molecule has 3 N–H and O–H groups in total. The van der Waals surface area contributed by atoms with Crippen molar-refractivity contribution in [2.75, 3.05) is 17.7 Å². The van der Waals surface area contributed by atoms with Crippen molar-refractivity contribution in [2.45, 2.75) is 4.21 Å². The summed E-state index contributed by atoms with van der Waals surface area (Å²) in [5, 5.41) is 5.46. The van der Waals surface area contributed by atoms with Crippen molar-refractivity contribution in [3.63, 3.8) is 0 Å². The first kappa shape index (κ1) is 22.8. The lowest BCUT2D eigenvalue weighted by atomic mass is 10.0. The van der Waals surface area contributed by atoms with Gasteiger partial charge in [0.15, 0.2) is 0 Å². The third-order valence-corrected chi connectivity index (χ3v) is 7.67. The summed E-state index contributed by atoms with van der Waals surface area (Å²) in [5.74, 6) is -0.806. The van der Waals surface area contributed by atoms with E-state index in [4.69, 9.17) is 16.0 Å². The van der Waals surface area contributed by atoms with Gasteiger partial charge in [0.1, 0.15) is 21.9 Å². The van der Waals surface area contributed by atoms with Crippen molar-refractivity contribution in [2.24, 2.45) is 0 Å². The van der Waals surface area contributed by atoms with Crippen LogP contribution in [0, 0.1) is 5.82 Å². The van der Waals surface area contributed by atoms with Crippen LogP contribution >= 0.6 is 22.9 Å². The molecule has 0 spiro atoms. The van der Waals surface area contributed by atoms with Crippen molar-refractivity contribution < 1.29 is 22.0 Å². The number of hydrogen-bond acceptors (Lipinski definition) is 7. The number of carbonyl (C=O) groups is 1. The maximum atomic E-state index is 14.8. The smallest absolute Gasteiger partial charge is 0.333 e. The maximum absolute atomic E-state index is 14.8. The molecule has 0 saturated carbocycles. The summed E-state index contributed by atoms with van der Waals surface area (Å²) in [7, 11) is -2.40. The van der Waals surface area contributed by atoms with Crippen LogP contribution in [0.5, 0.6) is 0 Å². The molecular weight excluding hydrogens is 493 g/mol. The second kappa shape index (κ2) is 8.85. The van der Waals surface area contributed by atoms with Crippen molar-refractivity contribution in [1.29, 1.82) is 0 Å². The lowest BCUT2D eigenvalue weighted by molar-refractivity contribution is 0.256. The fraction of sp³-hybridized carbons (Fsp3) is 0.0476. The molecule has 4 aromatic rings. The van der Waals surface area contributed by atoms with Crippen LogP contribution in [-0.2, 0) is 10.0 Å². The number of amides is 2. The first-order valence-corrected chi connectivity index (χ1v) is 12.0. The molecular formula is C21H15ClFN3O5S2. The Balaban J connectivity index is 1.57. The zero-order chi connectivity index (χ0) is 23.8. The molecule has 170 valence electrons. The molecule has 12 heteroatoms. The Bertz CT molecular complexity index is 1550. The molecule has 2 amide bonds. The van der Waals surface area contributed by atoms with Crippen molar-refractivity contribution in [3.05, 3.63) is 75.2 Å². The highest BCUT2D eigenvalue weighted by Crippen LogP contribution is 2.27. The van der Waals surface area contributed by atoms with E-state index in [0.29, 0.717) is 5.58 Å². The molecule has 2 aromatic heterocycles. The Hall–Kier alpha value is -3.41. The van der Waals surface area contributed by atoms with E-state index in [1.165, 1.54) is 30.5 Å². The number of nitrogens with one attached hydrogen (secondary N) is 3. The van der Waals surface area contributed by atoms with Crippen LogP contribution in [-0.4, -0.2) is 21.5 Å². The number of sulfonamides is 1. The van der Waals surface area contributed by atoms with E-state index in [1.54, 1.807) is 25.2 Å². The average molecular weight is 508 g/mol. The highest BCUT2D eigenvalue weighted by molar-refractivity contribution is 7.92. The third-order valence-electron chi connectivity index (χ3n) is 4.62. The van der Waals surface area contributed by atoms with E-state index >= 15 is 0 Å². The first-order chi connectivity index (χ1) is 15.7. The molecule has 2 aromatic carbocycles. The van der Waals surface area contributed by atoms with Crippen molar-refractivity contribution >= 4 is 61.3 Å². The SMILES string of the molecule is CNc1ccc2c(=O)c(-c3ccc(NC(=O)NS(=O)(=O)c4ccc(Cl)s4)cc3F)coc2c1. The quantitative estimate of drug-likeness (QED) is 0.355. The summed E-state index contributed by atoms with van der Waals surface area (Å²) in [6.07, 6.45) is 1.17. The predicted octanol–water partition coefficient (Wildman–Crippen LogP) is 4.87. The van der Waals surface area contributed by atoms with Gasteiger partial charge in [0.2, 0.25) is 5.43 Å². The van der Waals surface area contributed by atoms with E-state index < -0.39 is 27.3 Å². The molecule has 0 aliphatic rings. The van der Waals surface area contributed by atoms with Gasteiger partial charge in [-0.1, -0.05) is 11.6 Å². The number of carbonyl (C=O) groups excluding carboxylic acids is 1. The lowest BCUT2D eigenvalue weighted by Crippen LogP contribution is -2.33. The van der Waals surface area contributed by atoms with Gasteiger partial charge >= 0.3 is 6.03 Å². The molecule has 0 aliphatic carbocycles. The first-order valence-electron chi connectivity index (χ1n) is 9.30. The van der Waals surface area contributed by atoms with E-state index in [2.05, 4.69) is 10.6 Å². The normalized spacial score (nSPS) is 11.4. The van der Waals surface area contributed by atoms with E-state index in [0.717, 1.165) is 23.1 Å². The number of anilines is 2. The Morgan fingerprint density at radius 1 is 1.06 bits per heavy atom. The molecule has 0 atom stereocenters. The highest BCUT2D eigenvalue weighted by Gasteiger charge is 2.20. The summed E-state index contributed by atoms with van der Waals surface area (Å²) in [6.45, 7) is 0. The Morgan fingerprint density at radius 3 is 2.48 bits per heavy atom. The minimum Gasteiger partial charge on any atom is -0.463 e. The molecule has 0 aliphatic heterocycles. The predicted molar refractivity (Wildman–Crippen MR) is 126 cm³/mol. The minimum absolute atomic E-state index is 0.00496. The summed E-state index contributed by atoms with van der Waals surface area (Å²) >= 11 is 6.51. The van der Waals surface area contributed by atoms with Crippen LogP contribution in [0.3, 0.4) is 0 Å². The number of hydrogen-bond donors (Lipinski definition) is 3. The van der Waals surface area contributed by atoms with Gasteiger partial charge in [-0.05, 0) is 42.5 Å². The number of fused-ring (bicyclic) bond motifs is 1. The number of thiophene rings is 1. The van der Waals surface area contributed by atoms with Crippen LogP contribution < -0.4 is 20.8 Å². The van der Waals surface area contributed by atoms with Crippen molar-refractivity contribution in [1.82, 2.24) is 4.72 Å². The average Bonchev–Trinajstić information content (AvgIpc) is 3.21. The van der Waals surface area contributed by atoms with Crippen LogP contribution in [0.25, 0.3) is 22.1 Å². The summed E-state index contributed by atoms with van der Waals surface area (Å²) in [5.41, 5.74) is 0.635. The molecule has 0 unspecified atom stereocenters. The maximum Gasteiger partial charge on any atom is 0.333 e. The van der Waals surface area contributed by atoms with Gasteiger partial charge in [0, 0.05) is 30.1 Å². The summed E-state index contributed by atoms with van der Waals surface area (Å²) in [4.78, 5) is 24.9. The number of benzene rings is 2. The van der Waals surface area contributed by atoms with E-state index in [1.807, 2.05) is 4.72 Å². The molecule has 0 radical (unpaired) electrons. The second-order valence-corrected chi connectivity index (χ2v) is 10.4. The van der Waals surface area contributed by atoms with Gasteiger partial charge in [-0.15, -0.1) is 11.3 Å². The van der Waals surface area contributed by atoms with Crippen LogP contribution in [0.1, 0.15) is 0 Å². The molecule has 0 fully saturated rings. The van der Waals surface area contributed by atoms with Gasteiger partial charge in [-0.25, -0.2) is 22.3 Å². The third kappa shape index (κ3) is 4.70. The van der Waals surface area contributed by atoms with E-state index in [-0.39, 0.29) is 30.7 Å². The molecule has 4 rings (SSSR count). The Labute approximate surface area is 196 Å². The van der Waals surface area contributed by atoms with Crippen LogP contribution in [0.2, 0.25) is 4.34 Å². The Morgan fingerprint density at radius 2 is 1.82 bits per heavy atom. The lowest BCUT2D eigenvalue weighted by Gasteiger charge is -2.10. The molecule has 0 bridgehead atoms. The fourth-order valence-corrected chi connectivity index (χ4v) is 5.44. The second-order valence-electron chi connectivity index (χ2n) is 6.75. The van der Waals surface area contributed by atoms with Crippen LogP contribution in [0.4, 0.5) is 20.6 Å². The number of halogens is 2. The summed E-state index contributed by atoms with van der Waals surface area (Å²) in [6, 6.07) is 10.1. The van der Waals surface area contributed by atoms with Crippen molar-refractivity contribution in [3.8, 4) is 11.1 Å². The van der Waals surface area contributed by atoms with Gasteiger partial charge in [-0.3, -0.25) is 4.79 Å². The van der Waals surface area contributed by atoms with Gasteiger partial charge in [0.25, 0.3) is 10.0 Å². The highest BCUT2D eigenvalue weighted by atomic mass is 35.5. The molecule has 2 heterocycles. The number of rotatable bonds is 5. The van der Waals surface area contributed by atoms with Gasteiger partial charge in [-0.2, -0.15) is 0 Å². The largest absolute Gasteiger partial charge is 0.463 e. The molecule has 8 nitrogen and oxygen atoms in total. The zero-order valence-electron chi connectivity index (χ0n) is 16.8. The zero-order valence-corrected chi connectivity index (χ0v) is 19.2. The standard InChI is InChI=1S/C21H15ClFN3O5S2/c1-24-11-2-5-14-17(9-11)31-10-15(20(14)27)13-4-3-12(8-16(13)23)25-21(28)26-33(29,30)19-7-6-18(22)32-19/h2-10,24H,1H3,(H2,25,26,28). The van der Waals surface area contributed by atoms with Crippen LogP contribution in [0.15, 0.2) is 68.2 Å². The van der Waals surface area contributed by atoms with Gasteiger partial charge < -0.3 is 15.1 Å². The topological polar surface area (TPSA) is 118 Å². The van der Waals surface area contributed by atoms with Gasteiger partial charge in [0.05, 0.1) is 15.3 Å². The minimum atomic E-state index is -4.13. The Kier molecular flexibility index (Phi) is 6.11. The summed E-state index contributed by atoms with van der Waals surface area (Å²) < 4.78 is 46.6. The molecule has 0 saturated heterocycles. The number of urea groups is 1. The fourth-order valence-electron chi connectivity index (χ4n) is 3.05. The monoisotopic (exact) mass is 507 g/mol. The van der Waals surface area contributed by atoms with E-state index in [9.17, 15) is 22.4 Å². The molecule has 33 heavy (non-hydrogen) atoms.